The summed E-state index contributed by atoms with van der Waals surface area (Å²) in [6.45, 7) is 2.37. The molecule has 0 bridgehead atoms. The van der Waals surface area contributed by atoms with Crippen molar-refractivity contribution < 1.29 is 14.3 Å². The van der Waals surface area contributed by atoms with Gasteiger partial charge in [-0.15, -0.1) is 0 Å². The van der Waals surface area contributed by atoms with Crippen LogP contribution in [-0.4, -0.2) is 49.5 Å². The maximum Gasteiger partial charge on any atom is 0.224 e. The lowest BCUT2D eigenvalue weighted by Gasteiger charge is -2.28. The fourth-order valence-electron chi connectivity index (χ4n) is 3.57. The molecule has 6 heteroatoms. The molecule has 2 heterocycles. The van der Waals surface area contributed by atoms with E-state index < -0.39 is 0 Å². The number of carbonyl (C=O) groups excluding carboxylic acids is 2. The first-order valence-electron chi connectivity index (χ1n) is 9.65. The third-order valence-corrected chi connectivity index (χ3v) is 5.11. The topological polar surface area (TPSA) is 70.7 Å². The average molecular weight is 359 g/mol. The van der Waals surface area contributed by atoms with Crippen LogP contribution in [0.1, 0.15) is 44.1 Å². The number of carbonyl (C=O) groups is 2. The molecule has 3 rings (SSSR count). The third kappa shape index (κ3) is 5.21. The fourth-order valence-corrected chi connectivity index (χ4v) is 3.57. The normalized spacial score (nSPS) is 19.4. The molecule has 1 aromatic carbocycles. The summed E-state index contributed by atoms with van der Waals surface area (Å²) in [5.74, 6) is 1.04. The van der Waals surface area contributed by atoms with Gasteiger partial charge in [0.2, 0.25) is 11.8 Å². The van der Waals surface area contributed by atoms with Crippen molar-refractivity contribution in [3.8, 4) is 5.75 Å². The fraction of sp³-hybridized carbons (Fsp3) is 0.600. The largest absolute Gasteiger partial charge is 0.494 e. The van der Waals surface area contributed by atoms with Crippen LogP contribution in [0, 0.1) is 0 Å². The number of aryl methyl sites for hydroxylation is 1. The van der Waals surface area contributed by atoms with E-state index in [9.17, 15) is 9.59 Å². The van der Waals surface area contributed by atoms with E-state index in [1.54, 1.807) is 0 Å². The molecule has 0 aliphatic carbocycles. The summed E-state index contributed by atoms with van der Waals surface area (Å²) >= 11 is 0. The molecule has 0 radical (unpaired) electrons. The van der Waals surface area contributed by atoms with Gasteiger partial charge in [-0.05, 0) is 56.0 Å². The highest BCUT2D eigenvalue weighted by Crippen LogP contribution is 2.26. The van der Waals surface area contributed by atoms with Crippen LogP contribution >= 0.6 is 0 Å². The first kappa shape index (κ1) is 18.7. The van der Waals surface area contributed by atoms with E-state index >= 15 is 0 Å². The van der Waals surface area contributed by atoms with Crippen LogP contribution in [0.4, 0.5) is 5.69 Å². The van der Waals surface area contributed by atoms with Crippen LogP contribution in [0.5, 0.6) is 5.75 Å². The molecule has 1 aromatic rings. The van der Waals surface area contributed by atoms with Crippen molar-refractivity contribution in [2.24, 2.45) is 0 Å². The van der Waals surface area contributed by atoms with E-state index in [2.05, 4.69) is 10.6 Å². The van der Waals surface area contributed by atoms with Crippen molar-refractivity contribution in [3.63, 3.8) is 0 Å². The molecule has 0 spiro atoms. The number of benzene rings is 1. The molecule has 0 aromatic heterocycles. The second-order valence-electron chi connectivity index (χ2n) is 7.24. The zero-order chi connectivity index (χ0) is 18.4. The van der Waals surface area contributed by atoms with Gasteiger partial charge in [0.25, 0.3) is 0 Å². The number of hydrogen-bond donors (Lipinski definition) is 2. The van der Waals surface area contributed by atoms with Crippen molar-refractivity contribution >= 4 is 17.5 Å². The van der Waals surface area contributed by atoms with Crippen molar-refractivity contribution in [2.75, 3.05) is 32.1 Å². The van der Waals surface area contributed by atoms with Crippen LogP contribution in [-0.2, 0) is 16.0 Å². The molecule has 6 nitrogen and oxygen atoms in total. The summed E-state index contributed by atoms with van der Waals surface area (Å²) in [6.07, 6.45) is 6.11. The predicted octanol–water partition coefficient (Wildman–Crippen LogP) is 2.33. The minimum Gasteiger partial charge on any atom is -0.494 e. The lowest BCUT2D eigenvalue weighted by Crippen LogP contribution is -2.44. The zero-order valence-electron chi connectivity index (χ0n) is 15.6. The quantitative estimate of drug-likeness (QED) is 0.733. The Bertz CT molecular complexity index is 641. The summed E-state index contributed by atoms with van der Waals surface area (Å²) in [4.78, 5) is 25.5. The first-order valence-corrected chi connectivity index (χ1v) is 9.65. The first-order chi connectivity index (χ1) is 12.6. The molecule has 1 saturated heterocycles. The predicted molar refractivity (Wildman–Crippen MR) is 101 cm³/mol. The number of ether oxygens (including phenoxy) is 1. The van der Waals surface area contributed by atoms with Crippen molar-refractivity contribution in [1.29, 1.82) is 0 Å². The minimum atomic E-state index is 0.0669. The zero-order valence-corrected chi connectivity index (χ0v) is 15.6. The molecule has 2 aliphatic heterocycles. The number of anilines is 1. The van der Waals surface area contributed by atoms with Crippen molar-refractivity contribution in [2.45, 2.75) is 51.0 Å². The number of nitrogens with zero attached hydrogens (tertiary/aromatic N) is 1. The number of hydrogen-bond acceptors (Lipinski definition) is 4. The third-order valence-electron chi connectivity index (χ3n) is 5.11. The van der Waals surface area contributed by atoms with Crippen LogP contribution in [0.25, 0.3) is 0 Å². The number of amides is 2. The maximum absolute atomic E-state index is 12.3. The standard InChI is InChI=1S/C20H29N3O3/c1-23(14-16-5-2-3-11-21-16)20(25)6-4-12-26-17-8-9-18-15(13-17)7-10-19(24)22-18/h8-9,13,16,21H,2-7,10-12,14H2,1H3,(H,22,24). The van der Waals surface area contributed by atoms with E-state index in [0.29, 0.717) is 31.9 Å². The van der Waals surface area contributed by atoms with E-state index in [1.165, 1.54) is 12.8 Å². The molecule has 2 N–H and O–H groups in total. The summed E-state index contributed by atoms with van der Waals surface area (Å²) in [5.41, 5.74) is 1.99. The number of piperidine rings is 1. The van der Waals surface area contributed by atoms with E-state index in [4.69, 9.17) is 4.74 Å². The van der Waals surface area contributed by atoms with Gasteiger partial charge in [0.15, 0.2) is 0 Å². The highest BCUT2D eigenvalue weighted by molar-refractivity contribution is 5.94. The van der Waals surface area contributed by atoms with Gasteiger partial charge in [-0.2, -0.15) is 0 Å². The van der Waals surface area contributed by atoms with Crippen LogP contribution < -0.4 is 15.4 Å². The van der Waals surface area contributed by atoms with Gasteiger partial charge in [0.1, 0.15) is 5.75 Å². The molecule has 0 saturated carbocycles. The smallest absolute Gasteiger partial charge is 0.224 e. The molecule has 1 unspecified atom stereocenters. The van der Waals surface area contributed by atoms with Gasteiger partial charge in [-0.1, -0.05) is 6.42 Å². The van der Waals surface area contributed by atoms with Crippen molar-refractivity contribution in [1.82, 2.24) is 10.2 Å². The number of rotatable bonds is 7. The highest BCUT2D eigenvalue weighted by Gasteiger charge is 2.18. The van der Waals surface area contributed by atoms with Gasteiger partial charge < -0.3 is 20.3 Å². The summed E-state index contributed by atoms with van der Waals surface area (Å²) in [7, 11) is 1.89. The monoisotopic (exact) mass is 359 g/mol. The van der Waals surface area contributed by atoms with Gasteiger partial charge in [0, 0.05) is 38.2 Å². The molecule has 1 atom stereocenters. The minimum absolute atomic E-state index is 0.0669. The van der Waals surface area contributed by atoms with Gasteiger partial charge in [-0.3, -0.25) is 9.59 Å². The molecule has 2 amide bonds. The van der Waals surface area contributed by atoms with Crippen molar-refractivity contribution in [3.05, 3.63) is 23.8 Å². The number of nitrogens with one attached hydrogen (secondary N) is 2. The Morgan fingerprint density at radius 2 is 2.19 bits per heavy atom. The molecule has 142 valence electrons. The molecule has 1 fully saturated rings. The second-order valence-corrected chi connectivity index (χ2v) is 7.24. The SMILES string of the molecule is CN(CC1CCCCN1)C(=O)CCCOc1ccc2c(c1)CCC(=O)N2. The lowest BCUT2D eigenvalue weighted by atomic mass is 10.0. The van der Waals surface area contributed by atoms with E-state index in [0.717, 1.165) is 42.9 Å². The maximum atomic E-state index is 12.3. The van der Waals surface area contributed by atoms with E-state index in [1.807, 2.05) is 30.1 Å². The molecule has 2 aliphatic rings. The summed E-state index contributed by atoms with van der Waals surface area (Å²) < 4.78 is 5.78. The Balaban J connectivity index is 1.37. The number of likely N-dealkylation sites (N-methyl/N-ethyl adjacent to an activating group) is 1. The lowest BCUT2D eigenvalue weighted by molar-refractivity contribution is -0.130. The van der Waals surface area contributed by atoms with Gasteiger partial charge in [0.05, 0.1) is 6.61 Å². The Morgan fingerprint density at radius 3 is 3.00 bits per heavy atom. The molecular weight excluding hydrogens is 330 g/mol. The molecule has 26 heavy (non-hydrogen) atoms. The average Bonchev–Trinajstić information content (AvgIpc) is 2.65. The van der Waals surface area contributed by atoms with E-state index in [-0.39, 0.29) is 11.8 Å². The van der Waals surface area contributed by atoms with Gasteiger partial charge >= 0.3 is 0 Å². The Kier molecular flexibility index (Phi) is 6.50. The van der Waals surface area contributed by atoms with Crippen LogP contribution in [0.2, 0.25) is 0 Å². The Labute approximate surface area is 155 Å². The highest BCUT2D eigenvalue weighted by atomic mass is 16.5. The molecular formula is C20H29N3O3. The van der Waals surface area contributed by atoms with Crippen LogP contribution in [0.15, 0.2) is 18.2 Å². The second kappa shape index (κ2) is 9.03. The Morgan fingerprint density at radius 1 is 1.31 bits per heavy atom. The summed E-state index contributed by atoms with van der Waals surface area (Å²) in [5, 5.41) is 6.34. The Hall–Kier alpha value is -2.08. The summed E-state index contributed by atoms with van der Waals surface area (Å²) in [6, 6.07) is 6.17. The van der Waals surface area contributed by atoms with Crippen LogP contribution in [0.3, 0.4) is 0 Å². The van der Waals surface area contributed by atoms with Gasteiger partial charge in [-0.25, -0.2) is 0 Å². The number of fused-ring (bicyclic) bond motifs is 1.